The summed E-state index contributed by atoms with van der Waals surface area (Å²) >= 11 is 0. The standard InChI is InChI=1S/C12H16N2O5S/c15-8-9-3-4-12(14(16)17)11(6-9)13-7-10-2-1-5-20(10,18)19/h3-4,6,10,13,15H,1-2,5,7-8H2. The number of nitro groups is 1. The maximum atomic E-state index is 11.7. The number of nitro benzene ring substituents is 1. The van der Waals surface area contributed by atoms with Crippen molar-refractivity contribution in [3.63, 3.8) is 0 Å². The number of rotatable bonds is 5. The Kier molecular flexibility index (Phi) is 4.24. The van der Waals surface area contributed by atoms with E-state index in [1.807, 2.05) is 0 Å². The monoisotopic (exact) mass is 300 g/mol. The third-order valence-electron chi connectivity index (χ3n) is 3.42. The van der Waals surface area contributed by atoms with E-state index in [1.54, 1.807) is 0 Å². The van der Waals surface area contributed by atoms with Crippen molar-refractivity contribution in [2.24, 2.45) is 0 Å². The van der Waals surface area contributed by atoms with E-state index in [1.165, 1.54) is 18.2 Å². The van der Waals surface area contributed by atoms with Gasteiger partial charge in [-0.2, -0.15) is 0 Å². The molecule has 1 unspecified atom stereocenters. The van der Waals surface area contributed by atoms with Gasteiger partial charge < -0.3 is 10.4 Å². The van der Waals surface area contributed by atoms with Gasteiger partial charge in [-0.3, -0.25) is 10.1 Å². The Morgan fingerprint density at radius 2 is 2.20 bits per heavy atom. The van der Waals surface area contributed by atoms with Gasteiger partial charge in [0.05, 0.1) is 22.5 Å². The van der Waals surface area contributed by atoms with Crippen molar-refractivity contribution in [2.75, 3.05) is 17.6 Å². The lowest BCUT2D eigenvalue weighted by Gasteiger charge is -2.12. The fourth-order valence-corrected chi connectivity index (χ4v) is 4.06. The fourth-order valence-electron chi connectivity index (χ4n) is 2.29. The molecule has 2 N–H and O–H groups in total. The summed E-state index contributed by atoms with van der Waals surface area (Å²) in [5, 5.41) is 22.3. The largest absolute Gasteiger partial charge is 0.392 e. The van der Waals surface area contributed by atoms with E-state index in [-0.39, 0.29) is 30.3 Å². The molecular formula is C12H16N2O5S. The molecule has 1 aliphatic heterocycles. The van der Waals surface area contributed by atoms with E-state index in [2.05, 4.69) is 5.32 Å². The SMILES string of the molecule is O=[N+]([O-])c1ccc(CO)cc1NCC1CCCS1(=O)=O. The Morgan fingerprint density at radius 3 is 2.75 bits per heavy atom. The second-order valence-corrected chi connectivity index (χ2v) is 7.18. The second-order valence-electron chi connectivity index (χ2n) is 4.78. The quantitative estimate of drug-likeness (QED) is 0.622. The number of nitrogens with zero attached hydrogens (tertiary/aromatic N) is 1. The Labute approximate surface area is 116 Å². The molecule has 2 rings (SSSR count). The van der Waals surface area contributed by atoms with Crippen molar-refractivity contribution in [3.8, 4) is 0 Å². The second kappa shape index (κ2) is 5.76. The highest BCUT2D eigenvalue weighted by atomic mass is 32.2. The molecule has 1 aromatic rings. The van der Waals surface area contributed by atoms with Crippen LogP contribution in [-0.4, -0.2) is 36.0 Å². The van der Waals surface area contributed by atoms with Gasteiger partial charge in [0.1, 0.15) is 5.69 Å². The molecule has 0 spiro atoms. The van der Waals surface area contributed by atoms with Gasteiger partial charge in [0.25, 0.3) is 5.69 Å². The van der Waals surface area contributed by atoms with Crippen LogP contribution < -0.4 is 5.32 Å². The van der Waals surface area contributed by atoms with Crippen LogP contribution in [0.3, 0.4) is 0 Å². The van der Waals surface area contributed by atoms with E-state index in [9.17, 15) is 18.5 Å². The minimum atomic E-state index is -3.09. The van der Waals surface area contributed by atoms with Crippen molar-refractivity contribution < 1.29 is 18.4 Å². The van der Waals surface area contributed by atoms with Gasteiger partial charge in [-0.15, -0.1) is 0 Å². The maximum absolute atomic E-state index is 11.7. The third kappa shape index (κ3) is 3.07. The molecule has 1 saturated heterocycles. The number of hydrogen-bond donors (Lipinski definition) is 2. The van der Waals surface area contributed by atoms with Crippen LogP contribution in [0.1, 0.15) is 18.4 Å². The molecule has 1 aliphatic rings. The average molecular weight is 300 g/mol. The topological polar surface area (TPSA) is 110 Å². The molecule has 8 heteroatoms. The Balaban J connectivity index is 2.17. The van der Waals surface area contributed by atoms with Crippen LogP contribution in [0.25, 0.3) is 0 Å². The summed E-state index contributed by atoms with van der Waals surface area (Å²) in [6, 6.07) is 4.24. The maximum Gasteiger partial charge on any atom is 0.292 e. The Hall–Kier alpha value is -1.67. The molecule has 1 heterocycles. The van der Waals surface area contributed by atoms with Gasteiger partial charge in [0.2, 0.25) is 0 Å². The van der Waals surface area contributed by atoms with Crippen LogP contribution in [0.5, 0.6) is 0 Å². The lowest BCUT2D eigenvalue weighted by atomic mass is 10.1. The van der Waals surface area contributed by atoms with Crippen molar-refractivity contribution >= 4 is 21.2 Å². The lowest BCUT2D eigenvalue weighted by molar-refractivity contribution is -0.384. The first-order valence-electron chi connectivity index (χ1n) is 6.27. The van der Waals surface area contributed by atoms with Gasteiger partial charge in [-0.1, -0.05) is 0 Å². The average Bonchev–Trinajstić information content (AvgIpc) is 2.74. The number of anilines is 1. The highest BCUT2D eigenvalue weighted by Crippen LogP contribution is 2.27. The summed E-state index contributed by atoms with van der Waals surface area (Å²) in [6.45, 7) is -0.0769. The zero-order valence-electron chi connectivity index (χ0n) is 10.8. The van der Waals surface area contributed by atoms with E-state index in [0.29, 0.717) is 18.4 Å². The first-order valence-corrected chi connectivity index (χ1v) is 7.99. The summed E-state index contributed by atoms with van der Waals surface area (Å²) in [6.07, 6.45) is 1.20. The van der Waals surface area contributed by atoms with E-state index in [4.69, 9.17) is 5.11 Å². The zero-order chi connectivity index (χ0) is 14.8. The number of aliphatic hydroxyl groups is 1. The minimum Gasteiger partial charge on any atom is -0.392 e. The molecule has 110 valence electrons. The van der Waals surface area contributed by atoms with Gasteiger partial charge >= 0.3 is 0 Å². The molecule has 0 amide bonds. The van der Waals surface area contributed by atoms with E-state index >= 15 is 0 Å². The molecule has 1 atom stereocenters. The zero-order valence-corrected chi connectivity index (χ0v) is 11.6. The number of nitrogens with one attached hydrogen (secondary N) is 1. The smallest absolute Gasteiger partial charge is 0.292 e. The third-order valence-corrected chi connectivity index (χ3v) is 5.70. The van der Waals surface area contributed by atoms with Gasteiger partial charge in [0.15, 0.2) is 9.84 Å². The van der Waals surface area contributed by atoms with Gasteiger partial charge in [0, 0.05) is 12.6 Å². The van der Waals surface area contributed by atoms with Crippen LogP contribution in [0.4, 0.5) is 11.4 Å². The summed E-state index contributed by atoms with van der Waals surface area (Å²) in [7, 11) is -3.09. The van der Waals surface area contributed by atoms with E-state index in [0.717, 1.165) is 0 Å². The summed E-state index contributed by atoms with van der Waals surface area (Å²) in [4.78, 5) is 10.4. The summed E-state index contributed by atoms with van der Waals surface area (Å²) in [5.74, 6) is 0.179. The van der Waals surface area contributed by atoms with Crippen molar-refractivity contribution in [1.29, 1.82) is 0 Å². The van der Waals surface area contributed by atoms with E-state index < -0.39 is 20.0 Å². The predicted molar refractivity (Wildman–Crippen MR) is 74.3 cm³/mol. The fraction of sp³-hybridized carbons (Fsp3) is 0.500. The number of hydrogen-bond acceptors (Lipinski definition) is 6. The summed E-state index contributed by atoms with van der Waals surface area (Å²) in [5.41, 5.74) is 0.647. The van der Waals surface area contributed by atoms with Gasteiger partial charge in [-0.05, 0) is 30.5 Å². The molecule has 20 heavy (non-hydrogen) atoms. The number of benzene rings is 1. The van der Waals surface area contributed by atoms with Crippen LogP contribution >= 0.6 is 0 Å². The number of sulfone groups is 1. The minimum absolute atomic E-state index is 0.127. The van der Waals surface area contributed by atoms with Crippen LogP contribution in [0.2, 0.25) is 0 Å². The molecule has 1 fully saturated rings. The molecule has 7 nitrogen and oxygen atoms in total. The lowest BCUT2D eigenvalue weighted by Crippen LogP contribution is -2.25. The van der Waals surface area contributed by atoms with Crippen LogP contribution in [-0.2, 0) is 16.4 Å². The number of aliphatic hydroxyl groups excluding tert-OH is 1. The van der Waals surface area contributed by atoms with Crippen molar-refractivity contribution in [3.05, 3.63) is 33.9 Å². The molecule has 0 saturated carbocycles. The first kappa shape index (κ1) is 14.7. The molecule has 0 aliphatic carbocycles. The predicted octanol–water partition coefficient (Wildman–Crippen LogP) is 1.08. The summed E-state index contributed by atoms with van der Waals surface area (Å²) < 4.78 is 23.4. The molecule has 0 radical (unpaired) electrons. The van der Waals surface area contributed by atoms with Crippen LogP contribution in [0.15, 0.2) is 18.2 Å². The highest BCUT2D eigenvalue weighted by Gasteiger charge is 2.31. The highest BCUT2D eigenvalue weighted by molar-refractivity contribution is 7.92. The molecule has 1 aromatic carbocycles. The Bertz CT molecular complexity index is 614. The van der Waals surface area contributed by atoms with Crippen LogP contribution in [0, 0.1) is 10.1 Å². The van der Waals surface area contributed by atoms with Crippen molar-refractivity contribution in [2.45, 2.75) is 24.7 Å². The normalized spacial score (nSPS) is 20.8. The molecule has 0 bridgehead atoms. The molecule has 0 aromatic heterocycles. The molecular weight excluding hydrogens is 284 g/mol. The van der Waals surface area contributed by atoms with Gasteiger partial charge in [-0.25, -0.2) is 8.42 Å². The van der Waals surface area contributed by atoms with Crippen molar-refractivity contribution in [1.82, 2.24) is 0 Å². The first-order chi connectivity index (χ1) is 9.44. The Morgan fingerprint density at radius 1 is 1.45 bits per heavy atom.